The lowest BCUT2D eigenvalue weighted by atomic mass is 10.2. The van der Waals surface area contributed by atoms with Gasteiger partial charge in [0.15, 0.2) is 5.88 Å². The van der Waals surface area contributed by atoms with Crippen molar-refractivity contribution in [3.05, 3.63) is 52.7 Å². The second-order valence-corrected chi connectivity index (χ2v) is 6.96. The molecule has 0 unspecified atom stereocenters. The number of ether oxygens (including phenoxy) is 3. The SMILES string of the molecule is COC(=O)c1ccnc2cc(OCc3ccc(Cl)c(OCC4CC4)c3)[nH]c12. The predicted molar refractivity (Wildman–Crippen MR) is 101 cm³/mol. The van der Waals surface area contributed by atoms with Crippen molar-refractivity contribution in [1.29, 1.82) is 0 Å². The summed E-state index contributed by atoms with van der Waals surface area (Å²) >= 11 is 6.21. The second kappa shape index (κ2) is 7.48. The van der Waals surface area contributed by atoms with E-state index in [0.29, 0.717) is 52.4 Å². The second-order valence-electron chi connectivity index (χ2n) is 6.55. The monoisotopic (exact) mass is 386 g/mol. The van der Waals surface area contributed by atoms with Gasteiger partial charge in [0.05, 0.1) is 35.3 Å². The fourth-order valence-electron chi connectivity index (χ4n) is 2.76. The van der Waals surface area contributed by atoms with Crippen LogP contribution in [0, 0.1) is 5.92 Å². The number of carbonyl (C=O) groups is 1. The van der Waals surface area contributed by atoms with Gasteiger partial charge in [-0.1, -0.05) is 17.7 Å². The number of H-pyrrole nitrogens is 1. The Labute approximate surface area is 161 Å². The highest BCUT2D eigenvalue weighted by atomic mass is 35.5. The Morgan fingerprint density at radius 2 is 2.11 bits per heavy atom. The lowest BCUT2D eigenvalue weighted by molar-refractivity contribution is 0.0602. The van der Waals surface area contributed by atoms with E-state index in [2.05, 4.69) is 9.97 Å². The summed E-state index contributed by atoms with van der Waals surface area (Å²) < 4.78 is 16.4. The molecule has 1 saturated carbocycles. The lowest BCUT2D eigenvalue weighted by Crippen LogP contribution is -2.02. The number of halogens is 1. The van der Waals surface area contributed by atoms with Crippen LogP contribution >= 0.6 is 11.6 Å². The molecular weight excluding hydrogens is 368 g/mol. The maximum absolute atomic E-state index is 11.9. The number of esters is 1. The minimum Gasteiger partial charge on any atom is -0.492 e. The molecule has 0 bridgehead atoms. The number of hydrogen-bond acceptors (Lipinski definition) is 5. The van der Waals surface area contributed by atoms with Crippen LogP contribution in [-0.2, 0) is 11.3 Å². The molecule has 27 heavy (non-hydrogen) atoms. The van der Waals surface area contributed by atoms with Gasteiger partial charge in [0.2, 0.25) is 0 Å². The van der Waals surface area contributed by atoms with Gasteiger partial charge in [-0.25, -0.2) is 4.79 Å². The van der Waals surface area contributed by atoms with Crippen LogP contribution in [0.2, 0.25) is 5.02 Å². The third-order valence-electron chi connectivity index (χ3n) is 4.46. The first-order valence-electron chi connectivity index (χ1n) is 8.74. The summed E-state index contributed by atoms with van der Waals surface area (Å²) in [5, 5.41) is 0.594. The highest BCUT2D eigenvalue weighted by Gasteiger charge is 2.22. The molecule has 0 amide bonds. The molecule has 2 heterocycles. The minimum atomic E-state index is -0.425. The van der Waals surface area contributed by atoms with Crippen LogP contribution in [-0.4, -0.2) is 29.7 Å². The van der Waals surface area contributed by atoms with Gasteiger partial charge in [-0.3, -0.25) is 4.98 Å². The number of rotatable bonds is 7. The molecule has 4 rings (SSSR count). The Kier molecular flexibility index (Phi) is 4.90. The lowest BCUT2D eigenvalue weighted by Gasteiger charge is -2.10. The van der Waals surface area contributed by atoms with Crippen LogP contribution in [0.4, 0.5) is 0 Å². The van der Waals surface area contributed by atoms with Gasteiger partial charge in [-0.15, -0.1) is 0 Å². The average Bonchev–Trinajstić information content (AvgIpc) is 3.42. The smallest absolute Gasteiger partial charge is 0.340 e. The Balaban J connectivity index is 1.48. The number of hydrogen-bond donors (Lipinski definition) is 1. The molecule has 140 valence electrons. The topological polar surface area (TPSA) is 73.4 Å². The number of pyridine rings is 1. The number of fused-ring (bicyclic) bond motifs is 1. The van der Waals surface area contributed by atoms with E-state index in [1.807, 2.05) is 18.2 Å². The van der Waals surface area contributed by atoms with E-state index in [4.69, 9.17) is 25.8 Å². The molecule has 0 radical (unpaired) electrons. The van der Waals surface area contributed by atoms with Gasteiger partial charge in [0.1, 0.15) is 12.4 Å². The van der Waals surface area contributed by atoms with Crippen molar-refractivity contribution in [2.24, 2.45) is 5.92 Å². The van der Waals surface area contributed by atoms with E-state index in [-0.39, 0.29) is 0 Å². The van der Waals surface area contributed by atoms with Gasteiger partial charge in [-0.05, 0) is 42.5 Å². The summed E-state index contributed by atoms with van der Waals surface area (Å²) in [7, 11) is 1.35. The van der Waals surface area contributed by atoms with Gasteiger partial charge in [0, 0.05) is 12.3 Å². The molecule has 6 nitrogen and oxygen atoms in total. The Bertz CT molecular complexity index is 981. The zero-order chi connectivity index (χ0) is 18.8. The quantitative estimate of drug-likeness (QED) is 0.610. The third-order valence-corrected chi connectivity index (χ3v) is 4.78. The number of nitrogens with zero attached hydrogens (tertiary/aromatic N) is 1. The average molecular weight is 387 g/mol. The first-order chi connectivity index (χ1) is 13.1. The number of nitrogens with one attached hydrogen (secondary N) is 1. The molecule has 0 aliphatic heterocycles. The summed E-state index contributed by atoms with van der Waals surface area (Å²) in [6.45, 7) is 1.03. The number of aromatic amines is 1. The normalized spacial score (nSPS) is 13.6. The number of methoxy groups -OCH3 is 1. The number of benzene rings is 1. The van der Waals surface area contributed by atoms with Crippen molar-refractivity contribution >= 4 is 28.6 Å². The number of carbonyl (C=O) groups excluding carboxylic acids is 1. The highest BCUT2D eigenvalue weighted by molar-refractivity contribution is 6.32. The summed E-state index contributed by atoms with van der Waals surface area (Å²) in [6.07, 6.45) is 4.01. The van der Waals surface area contributed by atoms with Crippen LogP contribution in [0.3, 0.4) is 0 Å². The summed E-state index contributed by atoms with van der Waals surface area (Å²) in [5.41, 5.74) is 2.57. The van der Waals surface area contributed by atoms with Crippen molar-refractivity contribution in [1.82, 2.24) is 9.97 Å². The molecule has 0 saturated heterocycles. The zero-order valence-corrected chi connectivity index (χ0v) is 15.6. The Morgan fingerprint density at radius 1 is 1.26 bits per heavy atom. The van der Waals surface area contributed by atoms with Gasteiger partial charge < -0.3 is 19.2 Å². The molecule has 1 aromatic carbocycles. The molecule has 1 N–H and O–H groups in total. The molecule has 3 aromatic rings. The van der Waals surface area contributed by atoms with Crippen molar-refractivity contribution in [2.75, 3.05) is 13.7 Å². The van der Waals surface area contributed by atoms with E-state index in [9.17, 15) is 4.79 Å². The number of aromatic nitrogens is 2. The first-order valence-corrected chi connectivity index (χ1v) is 9.12. The molecule has 0 atom stereocenters. The third kappa shape index (κ3) is 4.01. The molecule has 1 aliphatic rings. The maximum atomic E-state index is 11.9. The van der Waals surface area contributed by atoms with Crippen molar-refractivity contribution < 1.29 is 19.0 Å². The van der Waals surface area contributed by atoms with E-state index < -0.39 is 5.97 Å². The maximum Gasteiger partial charge on any atom is 0.340 e. The molecule has 0 spiro atoms. The van der Waals surface area contributed by atoms with Crippen LogP contribution in [0.25, 0.3) is 11.0 Å². The molecule has 7 heteroatoms. The van der Waals surface area contributed by atoms with Crippen LogP contribution in [0.1, 0.15) is 28.8 Å². The van der Waals surface area contributed by atoms with Gasteiger partial charge in [0.25, 0.3) is 0 Å². The fourth-order valence-corrected chi connectivity index (χ4v) is 2.93. The Morgan fingerprint density at radius 3 is 2.89 bits per heavy atom. The summed E-state index contributed by atoms with van der Waals surface area (Å²) in [4.78, 5) is 19.2. The van der Waals surface area contributed by atoms with Gasteiger partial charge >= 0.3 is 5.97 Å². The standard InChI is InChI=1S/C20H19ClN2O4/c1-25-20(24)14-6-7-22-16-9-18(23-19(14)16)27-11-13-4-5-15(21)17(8-13)26-10-12-2-3-12/h4-9,12,23H,2-3,10-11H2,1H3. The first kappa shape index (κ1) is 17.7. The largest absolute Gasteiger partial charge is 0.492 e. The van der Waals surface area contributed by atoms with E-state index in [1.54, 1.807) is 18.3 Å². The summed E-state index contributed by atoms with van der Waals surface area (Å²) in [6, 6.07) is 8.96. The highest BCUT2D eigenvalue weighted by Crippen LogP contribution is 2.32. The molecule has 1 aliphatic carbocycles. The van der Waals surface area contributed by atoms with Crippen molar-refractivity contribution in [3.63, 3.8) is 0 Å². The Hall–Kier alpha value is -2.73. The van der Waals surface area contributed by atoms with Crippen LogP contribution in [0.5, 0.6) is 11.6 Å². The van der Waals surface area contributed by atoms with E-state index in [1.165, 1.54) is 20.0 Å². The van der Waals surface area contributed by atoms with Crippen LogP contribution < -0.4 is 9.47 Å². The zero-order valence-electron chi connectivity index (χ0n) is 14.8. The van der Waals surface area contributed by atoms with E-state index >= 15 is 0 Å². The molecule has 2 aromatic heterocycles. The predicted octanol–water partition coefficient (Wildman–Crippen LogP) is 4.37. The minimum absolute atomic E-state index is 0.331. The molecule has 1 fully saturated rings. The van der Waals surface area contributed by atoms with Crippen molar-refractivity contribution in [2.45, 2.75) is 19.4 Å². The summed E-state index contributed by atoms with van der Waals surface area (Å²) in [5.74, 6) is 1.43. The van der Waals surface area contributed by atoms with Crippen molar-refractivity contribution in [3.8, 4) is 11.6 Å². The molecular formula is C20H19ClN2O4. The fraction of sp³-hybridized carbons (Fsp3) is 0.300. The van der Waals surface area contributed by atoms with E-state index in [0.717, 1.165) is 5.56 Å². The van der Waals surface area contributed by atoms with Crippen LogP contribution in [0.15, 0.2) is 36.5 Å². The van der Waals surface area contributed by atoms with Gasteiger partial charge in [-0.2, -0.15) is 0 Å².